The highest BCUT2D eigenvalue weighted by Gasteiger charge is 2.41. The van der Waals surface area contributed by atoms with Crippen molar-refractivity contribution in [2.75, 3.05) is 6.54 Å². The summed E-state index contributed by atoms with van der Waals surface area (Å²) in [6.45, 7) is 11.9. The number of nitrogens with one attached hydrogen (secondary N) is 1. The first-order chi connectivity index (χ1) is 9.86. The molecule has 3 heteroatoms. The molecule has 1 aromatic rings. The van der Waals surface area contributed by atoms with Crippen molar-refractivity contribution in [2.24, 2.45) is 5.41 Å². The fraction of sp³-hybridized carbons (Fsp3) is 0.667. The van der Waals surface area contributed by atoms with Crippen LogP contribution >= 0.6 is 0 Å². The van der Waals surface area contributed by atoms with Gasteiger partial charge in [-0.05, 0) is 55.8 Å². The molecule has 1 saturated carbocycles. The third-order valence-corrected chi connectivity index (χ3v) is 6.71. The average molecular weight is 308 g/mol. The molecule has 0 aliphatic heterocycles. The zero-order valence-corrected chi connectivity index (χ0v) is 14.8. The minimum atomic E-state index is -0.932. The Bertz CT molecular complexity index is 524. The van der Waals surface area contributed by atoms with Crippen LogP contribution in [0.2, 0.25) is 0 Å². The molecule has 1 aliphatic rings. The Morgan fingerprint density at radius 3 is 2.71 bits per heavy atom. The largest absolute Gasteiger partial charge is 0.313 e. The Balaban J connectivity index is 2.33. The summed E-state index contributed by atoms with van der Waals surface area (Å²) in [5.41, 5.74) is 2.56. The van der Waals surface area contributed by atoms with Gasteiger partial charge >= 0.3 is 0 Å². The minimum Gasteiger partial charge on any atom is -0.313 e. The van der Waals surface area contributed by atoms with E-state index in [1.165, 1.54) is 18.4 Å². The van der Waals surface area contributed by atoms with Crippen molar-refractivity contribution in [1.29, 1.82) is 0 Å². The lowest BCUT2D eigenvalue weighted by atomic mass is 9.73. The molecule has 0 heterocycles. The molecule has 0 saturated heterocycles. The first kappa shape index (κ1) is 16.7. The van der Waals surface area contributed by atoms with Gasteiger partial charge in [0.1, 0.15) is 0 Å². The molecule has 0 amide bonds. The van der Waals surface area contributed by atoms with Gasteiger partial charge < -0.3 is 5.32 Å². The summed E-state index contributed by atoms with van der Waals surface area (Å²) in [5, 5.41) is 3.83. The molecule has 1 fully saturated rings. The van der Waals surface area contributed by atoms with Crippen molar-refractivity contribution in [1.82, 2.24) is 5.32 Å². The van der Waals surface area contributed by atoms with Crippen molar-refractivity contribution < 1.29 is 4.21 Å². The van der Waals surface area contributed by atoms with E-state index in [0.717, 1.165) is 23.4 Å². The van der Waals surface area contributed by atoms with E-state index < -0.39 is 10.8 Å². The summed E-state index contributed by atoms with van der Waals surface area (Å²) in [5.74, 6) is 0. The molecule has 0 bridgehead atoms. The molecule has 3 atom stereocenters. The second kappa shape index (κ2) is 6.62. The number of hydrogen-bond acceptors (Lipinski definition) is 2. The van der Waals surface area contributed by atoms with Gasteiger partial charge in [0.05, 0.1) is 16.0 Å². The van der Waals surface area contributed by atoms with E-state index in [9.17, 15) is 4.21 Å². The highest BCUT2D eigenvalue weighted by molar-refractivity contribution is 7.85. The van der Waals surface area contributed by atoms with Gasteiger partial charge in [-0.3, -0.25) is 4.21 Å². The maximum absolute atomic E-state index is 13.2. The molecule has 0 aromatic heterocycles. The quantitative estimate of drug-likeness (QED) is 0.912. The number of rotatable bonds is 4. The normalized spacial score (nSPS) is 26.5. The lowest BCUT2D eigenvalue weighted by molar-refractivity contribution is 0.174. The van der Waals surface area contributed by atoms with Gasteiger partial charge in [0.15, 0.2) is 0 Å². The second-order valence-corrected chi connectivity index (χ2v) is 8.66. The SMILES string of the molecule is CCNC1C(S(=O)c2cc(C)ccc2C)CCCC1(C)C. The van der Waals surface area contributed by atoms with Crippen LogP contribution in [0.3, 0.4) is 0 Å². The van der Waals surface area contributed by atoms with E-state index >= 15 is 0 Å². The maximum atomic E-state index is 13.2. The Labute approximate surface area is 132 Å². The summed E-state index contributed by atoms with van der Waals surface area (Å²) in [4.78, 5) is 1.03. The van der Waals surface area contributed by atoms with Crippen LogP contribution in [0.4, 0.5) is 0 Å². The van der Waals surface area contributed by atoms with Crippen LogP contribution in [0, 0.1) is 19.3 Å². The fourth-order valence-electron chi connectivity index (χ4n) is 3.53. The highest BCUT2D eigenvalue weighted by atomic mass is 32.2. The fourth-order valence-corrected chi connectivity index (χ4v) is 5.64. The van der Waals surface area contributed by atoms with Crippen molar-refractivity contribution in [3.63, 3.8) is 0 Å². The molecule has 2 rings (SSSR count). The van der Waals surface area contributed by atoms with Gasteiger partial charge in [-0.15, -0.1) is 0 Å². The molecule has 1 aliphatic carbocycles. The number of aryl methyl sites for hydroxylation is 2. The van der Waals surface area contributed by atoms with Gasteiger partial charge in [-0.25, -0.2) is 0 Å². The second-order valence-electron chi connectivity index (χ2n) is 7.02. The van der Waals surface area contributed by atoms with Gasteiger partial charge in [0.25, 0.3) is 0 Å². The molecular formula is C18H29NOS. The van der Waals surface area contributed by atoms with Gasteiger partial charge in [-0.1, -0.05) is 39.3 Å². The van der Waals surface area contributed by atoms with E-state index in [1.807, 2.05) is 0 Å². The van der Waals surface area contributed by atoms with E-state index in [4.69, 9.17) is 0 Å². The Morgan fingerprint density at radius 2 is 2.05 bits per heavy atom. The molecule has 2 nitrogen and oxygen atoms in total. The van der Waals surface area contributed by atoms with E-state index in [1.54, 1.807) is 0 Å². The van der Waals surface area contributed by atoms with Crippen LogP contribution in [-0.4, -0.2) is 22.0 Å². The van der Waals surface area contributed by atoms with Crippen molar-refractivity contribution in [2.45, 2.75) is 70.1 Å². The smallest absolute Gasteiger partial charge is 0.0579 e. The lowest BCUT2D eigenvalue weighted by Gasteiger charge is -2.44. The van der Waals surface area contributed by atoms with Gasteiger partial charge in [0, 0.05) is 10.9 Å². The highest BCUT2D eigenvalue weighted by Crippen LogP contribution is 2.39. The standard InChI is InChI=1S/C18H29NOS/c1-6-19-17-15(8-7-11-18(17,4)5)21(20)16-12-13(2)9-10-14(16)3/h9-10,12,15,17,19H,6-8,11H2,1-5H3. The zero-order chi connectivity index (χ0) is 15.6. The van der Waals surface area contributed by atoms with Gasteiger partial charge in [0.2, 0.25) is 0 Å². The summed E-state index contributed by atoms with van der Waals surface area (Å²) >= 11 is 0. The van der Waals surface area contributed by atoms with Crippen LogP contribution in [0.15, 0.2) is 23.1 Å². The van der Waals surface area contributed by atoms with E-state index in [2.05, 4.69) is 58.1 Å². The van der Waals surface area contributed by atoms with Crippen LogP contribution in [0.25, 0.3) is 0 Å². The number of hydrogen-bond donors (Lipinski definition) is 1. The summed E-state index contributed by atoms with van der Waals surface area (Å²) in [6, 6.07) is 6.63. The van der Waals surface area contributed by atoms with Crippen molar-refractivity contribution in [3.8, 4) is 0 Å². The monoisotopic (exact) mass is 307 g/mol. The molecule has 21 heavy (non-hydrogen) atoms. The lowest BCUT2D eigenvalue weighted by Crippen LogP contribution is -2.54. The Hall–Kier alpha value is -0.670. The van der Waals surface area contributed by atoms with Crippen molar-refractivity contribution in [3.05, 3.63) is 29.3 Å². The molecule has 118 valence electrons. The molecule has 0 radical (unpaired) electrons. The van der Waals surface area contributed by atoms with Crippen molar-refractivity contribution >= 4 is 10.8 Å². The molecule has 1 N–H and O–H groups in total. The Morgan fingerprint density at radius 1 is 1.33 bits per heavy atom. The van der Waals surface area contributed by atoms with E-state index in [0.29, 0.717) is 6.04 Å². The zero-order valence-electron chi connectivity index (χ0n) is 14.0. The van der Waals surface area contributed by atoms with Gasteiger partial charge in [-0.2, -0.15) is 0 Å². The topological polar surface area (TPSA) is 29.1 Å². The summed E-state index contributed by atoms with van der Waals surface area (Å²) in [6.07, 6.45) is 3.45. The van der Waals surface area contributed by atoms with Crippen LogP contribution in [0.1, 0.15) is 51.2 Å². The van der Waals surface area contributed by atoms with Crippen LogP contribution < -0.4 is 5.32 Å². The first-order valence-corrected chi connectivity index (χ1v) is 9.29. The first-order valence-electron chi connectivity index (χ1n) is 8.08. The minimum absolute atomic E-state index is 0.215. The average Bonchev–Trinajstić information content (AvgIpc) is 2.43. The predicted octanol–water partition coefficient (Wildman–Crippen LogP) is 3.97. The molecule has 3 unspecified atom stereocenters. The third kappa shape index (κ3) is 3.57. The third-order valence-electron chi connectivity index (χ3n) is 4.78. The summed E-state index contributed by atoms with van der Waals surface area (Å²) < 4.78 is 13.2. The van der Waals surface area contributed by atoms with Crippen LogP contribution in [0.5, 0.6) is 0 Å². The summed E-state index contributed by atoms with van der Waals surface area (Å²) in [7, 11) is -0.932. The number of benzene rings is 1. The Kier molecular flexibility index (Phi) is 5.26. The predicted molar refractivity (Wildman–Crippen MR) is 91.2 cm³/mol. The van der Waals surface area contributed by atoms with E-state index in [-0.39, 0.29) is 10.7 Å². The molecule has 0 spiro atoms. The van der Waals surface area contributed by atoms with Crippen LogP contribution in [-0.2, 0) is 10.8 Å². The molecular weight excluding hydrogens is 278 g/mol. The maximum Gasteiger partial charge on any atom is 0.0579 e. The molecule has 1 aromatic carbocycles.